The molecule has 12 heteroatoms. The number of amides is 3. The molecule has 1 N–H and O–H groups in total. The van der Waals surface area contributed by atoms with Crippen LogP contribution in [0.3, 0.4) is 0 Å². The number of fused-ring (bicyclic) bond motifs is 2. The van der Waals surface area contributed by atoms with E-state index >= 15 is 0 Å². The van der Waals surface area contributed by atoms with E-state index in [1.807, 2.05) is 6.92 Å². The van der Waals surface area contributed by atoms with Crippen molar-refractivity contribution in [1.29, 1.82) is 0 Å². The van der Waals surface area contributed by atoms with E-state index in [0.29, 0.717) is 73.3 Å². The van der Waals surface area contributed by atoms with Crippen molar-refractivity contribution in [1.82, 2.24) is 10.2 Å². The average Bonchev–Trinajstić information content (AvgIpc) is 3.16. The molecule has 3 heterocycles. The molecule has 0 spiro atoms. The van der Waals surface area contributed by atoms with Gasteiger partial charge in [-0.05, 0) is 56.0 Å². The number of carbonyl (C=O) groups is 2. The number of unbranched alkanes of at least 4 members (excludes halogenated alkanes) is 1. The lowest BCUT2D eigenvalue weighted by atomic mass is 9.91. The van der Waals surface area contributed by atoms with Crippen LogP contribution in [0.1, 0.15) is 49.8 Å². The second kappa shape index (κ2) is 11.0. The monoisotopic (exact) mass is 574 g/mol. The fourth-order valence-electron chi connectivity index (χ4n) is 5.12. The topological polar surface area (TPSA) is 107 Å². The number of nitrogens with zero attached hydrogens (tertiary/aromatic N) is 1. The molecule has 0 aliphatic carbocycles. The lowest BCUT2D eigenvalue weighted by molar-refractivity contribution is -0.136. The molecule has 1 fully saturated rings. The van der Waals surface area contributed by atoms with Gasteiger partial charge in [0.05, 0.1) is 12.2 Å². The van der Waals surface area contributed by atoms with Gasteiger partial charge in [-0.3, -0.25) is 9.69 Å². The van der Waals surface area contributed by atoms with Gasteiger partial charge in [-0.2, -0.15) is 13.2 Å². The Hall–Kier alpha value is -4.22. The Morgan fingerprint density at radius 2 is 1.78 bits per heavy atom. The Balaban J connectivity index is 1.23. The quantitative estimate of drug-likeness (QED) is 0.214. The van der Waals surface area contributed by atoms with Crippen LogP contribution in [0.5, 0.6) is 17.2 Å². The van der Waals surface area contributed by atoms with Crippen LogP contribution in [0, 0.1) is 0 Å². The van der Waals surface area contributed by atoms with E-state index in [0.717, 1.165) is 4.90 Å². The number of imide groups is 1. The predicted molar refractivity (Wildman–Crippen MR) is 141 cm³/mol. The summed E-state index contributed by atoms with van der Waals surface area (Å²) >= 11 is 0. The van der Waals surface area contributed by atoms with E-state index in [4.69, 9.17) is 18.6 Å². The fraction of sp³-hybridized carbons (Fsp3) is 0.414. The summed E-state index contributed by atoms with van der Waals surface area (Å²) in [5, 5.41) is 2.57. The molecule has 2 aliphatic heterocycles. The summed E-state index contributed by atoms with van der Waals surface area (Å²) in [5.74, 6) is 1.02. The van der Waals surface area contributed by atoms with Crippen molar-refractivity contribution in [2.24, 2.45) is 0 Å². The average molecular weight is 575 g/mol. The molecule has 5 rings (SSSR count). The summed E-state index contributed by atoms with van der Waals surface area (Å²) in [4.78, 5) is 39.1. The molecule has 3 aromatic rings. The molecule has 1 atom stereocenters. The van der Waals surface area contributed by atoms with Crippen molar-refractivity contribution in [3.8, 4) is 17.2 Å². The first-order valence-corrected chi connectivity index (χ1v) is 13.4. The summed E-state index contributed by atoms with van der Waals surface area (Å²) in [6.45, 7) is 4.65. The molecule has 1 unspecified atom stereocenters. The number of hydrogen-bond donors (Lipinski definition) is 1. The molecular formula is C29H29F3N2O7. The van der Waals surface area contributed by atoms with Crippen LogP contribution < -0.4 is 25.2 Å². The van der Waals surface area contributed by atoms with E-state index < -0.39 is 34.8 Å². The molecule has 0 saturated carbocycles. The zero-order valence-corrected chi connectivity index (χ0v) is 22.6. The Labute approximate surface area is 233 Å². The molecule has 9 nitrogen and oxygen atoms in total. The van der Waals surface area contributed by atoms with Gasteiger partial charge in [-0.1, -0.05) is 19.4 Å². The lowest BCUT2D eigenvalue weighted by Crippen LogP contribution is -2.41. The minimum atomic E-state index is -4.71. The second-order valence-corrected chi connectivity index (χ2v) is 10.1. The first-order valence-electron chi connectivity index (χ1n) is 13.4. The third-order valence-corrected chi connectivity index (χ3v) is 7.21. The smallest absolute Gasteiger partial charge is 0.417 e. The van der Waals surface area contributed by atoms with Gasteiger partial charge < -0.3 is 23.9 Å². The molecule has 218 valence electrons. The highest BCUT2D eigenvalue weighted by Crippen LogP contribution is 2.38. The zero-order chi connectivity index (χ0) is 29.4. The molecule has 2 aromatic carbocycles. The second-order valence-electron chi connectivity index (χ2n) is 10.1. The number of ether oxygens (including phenoxy) is 3. The number of aryl methyl sites for hydroxylation is 1. The first-order chi connectivity index (χ1) is 19.5. The molecule has 0 bridgehead atoms. The molecule has 2 aliphatic rings. The van der Waals surface area contributed by atoms with Crippen LogP contribution in [-0.4, -0.2) is 43.2 Å². The highest BCUT2D eigenvalue weighted by molar-refractivity contribution is 6.07. The molecule has 0 radical (unpaired) electrons. The SMILES string of the molecule is CCCc1c(OCCCCN2C(=O)NC(C)(c3ccc4c(c3)OCCO4)C2=O)ccc2c(C(F)(F)F)cc(=O)oc12. The molecule has 41 heavy (non-hydrogen) atoms. The Bertz CT molecular complexity index is 1550. The highest BCUT2D eigenvalue weighted by Gasteiger charge is 2.49. The van der Waals surface area contributed by atoms with Crippen LogP contribution >= 0.6 is 0 Å². The van der Waals surface area contributed by atoms with E-state index in [1.165, 1.54) is 12.1 Å². The van der Waals surface area contributed by atoms with Crippen LogP contribution in [0.2, 0.25) is 0 Å². The summed E-state index contributed by atoms with van der Waals surface area (Å²) in [5.41, 5.74) is -2.58. The van der Waals surface area contributed by atoms with E-state index in [2.05, 4.69) is 5.32 Å². The van der Waals surface area contributed by atoms with Crippen LogP contribution in [0.15, 0.2) is 45.6 Å². The van der Waals surface area contributed by atoms with Crippen molar-refractivity contribution < 1.29 is 41.4 Å². The van der Waals surface area contributed by atoms with E-state index in [-0.39, 0.29) is 24.1 Å². The number of carbonyl (C=O) groups excluding carboxylic acids is 2. The Morgan fingerprint density at radius 3 is 2.51 bits per heavy atom. The van der Waals surface area contributed by atoms with Crippen LogP contribution in [0.25, 0.3) is 11.0 Å². The first kappa shape index (κ1) is 28.3. The number of nitrogens with one attached hydrogen (secondary N) is 1. The predicted octanol–water partition coefficient (Wildman–Crippen LogP) is 5.16. The van der Waals surface area contributed by atoms with Crippen molar-refractivity contribution in [3.05, 3.63) is 63.5 Å². The van der Waals surface area contributed by atoms with E-state index in [9.17, 15) is 27.6 Å². The summed E-state index contributed by atoms with van der Waals surface area (Å²) in [7, 11) is 0. The maximum atomic E-state index is 13.5. The molecular weight excluding hydrogens is 545 g/mol. The number of urea groups is 1. The third kappa shape index (κ3) is 5.42. The van der Waals surface area contributed by atoms with Gasteiger partial charge >= 0.3 is 17.8 Å². The normalized spacial score (nSPS) is 18.6. The standard InChI is InChI=1S/C29H29F3N2O7/c1-3-6-19-21(10-8-18-20(29(30,31)32)16-24(35)41-25(18)19)38-12-5-4-11-34-26(36)28(2,33-27(34)37)17-7-9-22-23(15-17)40-14-13-39-22/h7-10,15-16H,3-6,11-14H2,1-2H3,(H,33,37). The minimum absolute atomic E-state index is 0.137. The maximum absolute atomic E-state index is 13.5. The minimum Gasteiger partial charge on any atom is -0.493 e. The van der Waals surface area contributed by atoms with Gasteiger partial charge in [0.15, 0.2) is 11.5 Å². The fourth-order valence-corrected chi connectivity index (χ4v) is 5.12. The van der Waals surface area contributed by atoms with Crippen molar-refractivity contribution in [3.63, 3.8) is 0 Å². The number of benzene rings is 2. The van der Waals surface area contributed by atoms with Gasteiger partial charge in [-0.15, -0.1) is 0 Å². The third-order valence-electron chi connectivity index (χ3n) is 7.21. The van der Waals surface area contributed by atoms with Crippen LogP contribution in [0.4, 0.5) is 18.0 Å². The van der Waals surface area contributed by atoms with Gasteiger partial charge in [0.25, 0.3) is 5.91 Å². The number of alkyl halides is 3. The Morgan fingerprint density at radius 1 is 1.02 bits per heavy atom. The van der Waals surface area contributed by atoms with Gasteiger partial charge in [-0.25, -0.2) is 9.59 Å². The molecule has 1 aromatic heterocycles. The number of hydrogen-bond acceptors (Lipinski definition) is 7. The summed E-state index contributed by atoms with van der Waals surface area (Å²) in [6.07, 6.45) is -2.90. The summed E-state index contributed by atoms with van der Waals surface area (Å²) < 4.78 is 62.8. The largest absolute Gasteiger partial charge is 0.493 e. The van der Waals surface area contributed by atoms with Gasteiger partial charge in [0.1, 0.15) is 30.1 Å². The number of rotatable bonds is 9. The molecule has 1 saturated heterocycles. The zero-order valence-electron chi connectivity index (χ0n) is 22.6. The Kier molecular flexibility index (Phi) is 7.58. The van der Waals surface area contributed by atoms with Crippen molar-refractivity contribution >= 4 is 22.9 Å². The van der Waals surface area contributed by atoms with Crippen LogP contribution in [-0.2, 0) is 22.9 Å². The van der Waals surface area contributed by atoms with Crippen molar-refractivity contribution in [2.45, 2.75) is 51.2 Å². The van der Waals surface area contributed by atoms with Crippen molar-refractivity contribution in [2.75, 3.05) is 26.4 Å². The van der Waals surface area contributed by atoms with E-state index in [1.54, 1.807) is 25.1 Å². The number of halogens is 3. The highest BCUT2D eigenvalue weighted by atomic mass is 19.4. The van der Waals surface area contributed by atoms with Gasteiger partial charge in [0, 0.05) is 23.6 Å². The van der Waals surface area contributed by atoms with Gasteiger partial charge in [0.2, 0.25) is 0 Å². The lowest BCUT2D eigenvalue weighted by Gasteiger charge is -2.25. The summed E-state index contributed by atoms with van der Waals surface area (Å²) in [6, 6.07) is 7.75. The molecule has 3 amide bonds. The maximum Gasteiger partial charge on any atom is 0.417 e.